The molecule has 0 amide bonds. The van der Waals surface area contributed by atoms with Gasteiger partial charge in [0.1, 0.15) is 6.61 Å². The number of hydrogen-bond donors (Lipinski definition) is 4. The Labute approximate surface area is 189 Å². The van der Waals surface area contributed by atoms with Crippen molar-refractivity contribution in [2.45, 2.75) is 82.0 Å². The molecule has 4 aliphatic carbocycles. The zero-order chi connectivity index (χ0) is 22.8. The van der Waals surface area contributed by atoms with Crippen LogP contribution in [0.4, 0.5) is 0 Å². The lowest BCUT2D eigenvalue weighted by molar-refractivity contribution is -0.237. The average Bonchev–Trinajstić information content (AvgIpc) is 3.28. The second kappa shape index (κ2) is 7.62. The molecule has 7 nitrogen and oxygen atoms in total. The van der Waals surface area contributed by atoms with Gasteiger partial charge in [-0.05, 0) is 74.7 Å². The molecule has 4 saturated carbocycles. The molecule has 0 aromatic heterocycles. The molecule has 0 unspecified atom stereocenters. The summed E-state index contributed by atoms with van der Waals surface area (Å²) in [5.41, 5.74) is -1.82. The molecule has 0 radical (unpaired) electrons. The Kier molecular flexibility index (Phi) is 5.36. The van der Waals surface area contributed by atoms with Crippen LogP contribution in [0.15, 0.2) is 16.6 Å². The minimum Gasteiger partial charge on any atom is -0.458 e. The second-order valence-electron chi connectivity index (χ2n) is 11.3. The van der Waals surface area contributed by atoms with Gasteiger partial charge in [-0.3, -0.25) is 4.99 Å². The quantitative estimate of drug-likeness (QED) is 0.385. The SMILES string of the molecule is C[C@]12CC[C@H]3[C@@H](CC[C@]4(O)C[C@H](O)CC[C@]34C=NCCO)[C@@]1(O)CC[C@H]2C1=CC(=O)OC1. The van der Waals surface area contributed by atoms with Crippen LogP contribution >= 0.6 is 0 Å². The number of nitrogens with zero attached hydrogens (tertiary/aromatic N) is 1. The Hall–Kier alpha value is -1.28. The van der Waals surface area contributed by atoms with Crippen molar-refractivity contribution in [2.75, 3.05) is 19.8 Å². The first-order chi connectivity index (χ1) is 15.2. The van der Waals surface area contributed by atoms with Crippen LogP contribution in [0.5, 0.6) is 0 Å². The van der Waals surface area contributed by atoms with Gasteiger partial charge in [-0.25, -0.2) is 4.79 Å². The van der Waals surface area contributed by atoms with Gasteiger partial charge < -0.3 is 25.2 Å². The van der Waals surface area contributed by atoms with Crippen molar-refractivity contribution >= 4 is 12.2 Å². The minimum absolute atomic E-state index is 0.0287. The topological polar surface area (TPSA) is 120 Å². The molecule has 0 spiro atoms. The molecule has 178 valence electrons. The van der Waals surface area contributed by atoms with Gasteiger partial charge in [-0.15, -0.1) is 0 Å². The molecule has 1 aliphatic heterocycles. The number of ether oxygens (including phenoxy) is 1. The molecule has 4 fully saturated rings. The number of carbonyl (C=O) groups excluding carboxylic acids is 1. The molecule has 0 saturated heterocycles. The summed E-state index contributed by atoms with van der Waals surface area (Å²) in [6, 6.07) is 0. The van der Waals surface area contributed by atoms with E-state index in [2.05, 4.69) is 11.9 Å². The third kappa shape index (κ3) is 2.93. The summed E-state index contributed by atoms with van der Waals surface area (Å²) in [7, 11) is 0. The highest BCUT2D eigenvalue weighted by atomic mass is 16.5. The van der Waals surface area contributed by atoms with E-state index in [1.54, 1.807) is 6.08 Å². The molecule has 0 bridgehead atoms. The third-order valence-corrected chi connectivity index (χ3v) is 10.2. The van der Waals surface area contributed by atoms with Crippen LogP contribution in [0, 0.1) is 28.6 Å². The molecule has 7 heteroatoms. The standard InChI is InChI=1S/C25H37NO6/c1-22-6-3-19-20(25(22,31)9-5-18(22)16-12-21(29)32-14-16)4-8-24(30)13-17(28)2-7-23(19,24)15-26-10-11-27/h12,15,17-20,27-28,30-31H,2-11,13-14H2,1H3/t17-,18+,19+,20-,22-,23+,24+,25+/m1/s1. The monoisotopic (exact) mass is 447 g/mol. The minimum atomic E-state index is -1.04. The van der Waals surface area contributed by atoms with E-state index in [0.717, 1.165) is 31.3 Å². The van der Waals surface area contributed by atoms with E-state index in [4.69, 9.17) is 4.74 Å². The van der Waals surface area contributed by atoms with E-state index in [1.807, 2.05) is 6.21 Å². The van der Waals surface area contributed by atoms with Crippen LogP contribution in [-0.4, -0.2) is 69.7 Å². The summed E-state index contributed by atoms with van der Waals surface area (Å²) in [6.07, 6.45) is 9.04. The molecular formula is C25H37NO6. The first-order valence-electron chi connectivity index (χ1n) is 12.3. The second-order valence-corrected chi connectivity index (χ2v) is 11.3. The van der Waals surface area contributed by atoms with Crippen LogP contribution in [0.25, 0.3) is 0 Å². The fourth-order valence-corrected chi connectivity index (χ4v) is 8.65. The predicted molar refractivity (Wildman–Crippen MR) is 118 cm³/mol. The van der Waals surface area contributed by atoms with Crippen LogP contribution < -0.4 is 0 Å². The molecule has 0 aromatic carbocycles. The van der Waals surface area contributed by atoms with Crippen molar-refractivity contribution in [1.29, 1.82) is 0 Å². The summed E-state index contributed by atoms with van der Waals surface area (Å²) < 4.78 is 5.20. The average molecular weight is 448 g/mol. The number of esters is 1. The number of rotatable bonds is 4. The maximum absolute atomic E-state index is 12.3. The first kappa shape index (κ1) is 22.5. The Morgan fingerprint density at radius 1 is 1.12 bits per heavy atom. The van der Waals surface area contributed by atoms with Crippen LogP contribution in [-0.2, 0) is 9.53 Å². The molecule has 8 atom stereocenters. The van der Waals surface area contributed by atoms with E-state index < -0.39 is 22.7 Å². The molecule has 4 N–H and O–H groups in total. The van der Waals surface area contributed by atoms with E-state index in [1.165, 1.54) is 0 Å². The summed E-state index contributed by atoms with van der Waals surface area (Å²) in [6.45, 7) is 2.77. The highest BCUT2D eigenvalue weighted by Crippen LogP contribution is 2.70. The van der Waals surface area contributed by atoms with Gasteiger partial charge in [0, 0.05) is 29.5 Å². The van der Waals surface area contributed by atoms with Crippen molar-refractivity contribution in [2.24, 2.45) is 33.6 Å². The molecule has 5 aliphatic rings. The smallest absolute Gasteiger partial charge is 0.331 e. The lowest BCUT2D eigenvalue weighted by Gasteiger charge is -2.65. The van der Waals surface area contributed by atoms with Gasteiger partial charge in [0.15, 0.2) is 0 Å². The van der Waals surface area contributed by atoms with Gasteiger partial charge in [0.05, 0.1) is 30.5 Å². The van der Waals surface area contributed by atoms with Gasteiger partial charge in [0.2, 0.25) is 0 Å². The van der Waals surface area contributed by atoms with E-state index in [0.29, 0.717) is 45.3 Å². The van der Waals surface area contributed by atoms with Gasteiger partial charge >= 0.3 is 5.97 Å². The lowest BCUT2D eigenvalue weighted by Crippen LogP contribution is -2.68. The fourth-order valence-electron chi connectivity index (χ4n) is 8.65. The van der Waals surface area contributed by atoms with Crippen molar-refractivity contribution in [3.05, 3.63) is 11.6 Å². The Morgan fingerprint density at radius 3 is 2.62 bits per heavy atom. The summed E-state index contributed by atoms with van der Waals surface area (Å²) >= 11 is 0. The maximum Gasteiger partial charge on any atom is 0.331 e. The number of aliphatic hydroxyl groups is 4. The molecule has 5 rings (SSSR count). The predicted octanol–water partition coefficient (Wildman–Crippen LogP) is 1.76. The van der Waals surface area contributed by atoms with Crippen molar-refractivity contribution < 1.29 is 30.0 Å². The number of carbonyl (C=O) groups is 1. The number of cyclic esters (lactones) is 1. The van der Waals surface area contributed by atoms with Crippen molar-refractivity contribution in [3.8, 4) is 0 Å². The summed E-state index contributed by atoms with van der Waals surface area (Å²) in [5.74, 6) is -0.0485. The molecular weight excluding hydrogens is 410 g/mol. The fraction of sp³-hybridized carbons (Fsp3) is 0.840. The lowest BCUT2D eigenvalue weighted by atomic mass is 9.41. The van der Waals surface area contributed by atoms with Gasteiger partial charge in [-0.2, -0.15) is 0 Å². The number of hydrogen-bond acceptors (Lipinski definition) is 7. The highest BCUT2D eigenvalue weighted by molar-refractivity contribution is 5.85. The Morgan fingerprint density at radius 2 is 1.91 bits per heavy atom. The molecule has 1 heterocycles. The van der Waals surface area contributed by atoms with Crippen LogP contribution in [0.2, 0.25) is 0 Å². The van der Waals surface area contributed by atoms with Crippen LogP contribution in [0.3, 0.4) is 0 Å². The van der Waals surface area contributed by atoms with E-state index >= 15 is 0 Å². The highest BCUT2D eigenvalue weighted by Gasteiger charge is 2.71. The Bertz CT molecular complexity index is 842. The Balaban J connectivity index is 1.52. The number of fused-ring (bicyclic) bond motifs is 5. The largest absolute Gasteiger partial charge is 0.458 e. The van der Waals surface area contributed by atoms with E-state index in [9.17, 15) is 25.2 Å². The number of aliphatic imine (C=N–C) groups is 1. The van der Waals surface area contributed by atoms with E-state index in [-0.39, 0.29) is 35.7 Å². The zero-order valence-electron chi connectivity index (χ0n) is 19.0. The van der Waals surface area contributed by atoms with Crippen molar-refractivity contribution in [3.63, 3.8) is 0 Å². The third-order valence-electron chi connectivity index (χ3n) is 10.2. The number of aliphatic hydroxyl groups excluding tert-OH is 2. The molecule has 0 aromatic rings. The van der Waals surface area contributed by atoms with Gasteiger partial charge in [-0.1, -0.05) is 6.92 Å². The summed E-state index contributed by atoms with van der Waals surface area (Å²) in [4.78, 5) is 16.2. The van der Waals surface area contributed by atoms with Crippen LogP contribution in [0.1, 0.15) is 64.7 Å². The maximum atomic E-state index is 12.3. The zero-order valence-corrected chi connectivity index (χ0v) is 19.0. The van der Waals surface area contributed by atoms with Gasteiger partial charge in [0.25, 0.3) is 0 Å². The van der Waals surface area contributed by atoms with Crippen molar-refractivity contribution in [1.82, 2.24) is 0 Å². The summed E-state index contributed by atoms with van der Waals surface area (Å²) in [5, 5.41) is 43.8. The molecule has 32 heavy (non-hydrogen) atoms. The normalized spacial score (nSPS) is 50.5. The first-order valence-corrected chi connectivity index (χ1v) is 12.3.